The molecule has 9 heteroatoms. The van der Waals surface area contributed by atoms with Gasteiger partial charge < -0.3 is 9.88 Å². The molecule has 0 radical (unpaired) electrons. The van der Waals surface area contributed by atoms with Crippen molar-refractivity contribution < 1.29 is 13.2 Å². The zero-order chi connectivity index (χ0) is 21.0. The maximum atomic E-state index is 12.5. The van der Waals surface area contributed by atoms with E-state index in [0.29, 0.717) is 11.0 Å². The van der Waals surface area contributed by atoms with Gasteiger partial charge in [0.1, 0.15) is 0 Å². The topological polar surface area (TPSA) is 84.3 Å². The molecule has 1 N–H and O–H groups in total. The molecule has 7 nitrogen and oxygen atoms in total. The van der Waals surface area contributed by atoms with E-state index >= 15 is 0 Å². The molecule has 29 heavy (non-hydrogen) atoms. The highest BCUT2D eigenvalue weighted by molar-refractivity contribution is 9.10. The number of hydrogen-bond acceptors (Lipinski definition) is 4. The van der Waals surface area contributed by atoms with Gasteiger partial charge in [0, 0.05) is 49.6 Å². The van der Waals surface area contributed by atoms with E-state index in [4.69, 9.17) is 0 Å². The Kier molecular flexibility index (Phi) is 6.51. The SMILES string of the molecule is CN(C)S(=O)(=O)c1cc(C(=O)NCc2ccc(Cn3ccnc3)cc2)ccc1Br. The minimum absolute atomic E-state index is 0.0546. The van der Waals surface area contributed by atoms with Crippen LogP contribution in [0.25, 0.3) is 0 Å². The quantitative estimate of drug-likeness (QED) is 0.567. The number of halogens is 1. The van der Waals surface area contributed by atoms with Crippen LogP contribution in [0, 0.1) is 0 Å². The average Bonchev–Trinajstić information content (AvgIpc) is 3.20. The minimum Gasteiger partial charge on any atom is -0.348 e. The Labute approximate surface area is 178 Å². The summed E-state index contributed by atoms with van der Waals surface area (Å²) in [5.41, 5.74) is 2.36. The third-order valence-corrected chi connectivity index (χ3v) is 7.16. The van der Waals surface area contributed by atoms with Gasteiger partial charge in [-0.05, 0) is 45.3 Å². The van der Waals surface area contributed by atoms with E-state index in [0.717, 1.165) is 22.0 Å². The smallest absolute Gasteiger partial charge is 0.251 e. The van der Waals surface area contributed by atoms with Crippen LogP contribution in [-0.2, 0) is 23.1 Å². The summed E-state index contributed by atoms with van der Waals surface area (Å²) in [5.74, 6) is -0.338. The molecule has 0 saturated carbocycles. The van der Waals surface area contributed by atoms with E-state index in [-0.39, 0.29) is 16.4 Å². The molecule has 0 aliphatic carbocycles. The molecule has 0 aliphatic rings. The molecule has 2 aromatic carbocycles. The van der Waals surface area contributed by atoms with Crippen molar-refractivity contribution >= 4 is 31.9 Å². The highest BCUT2D eigenvalue weighted by atomic mass is 79.9. The van der Waals surface area contributed by atoms with Gasteiger partial charge in [0.15, 0.2) is 0 Å². The van der Waals surface area contributed by atoms with E-state index in [1.807, 2.05) is 35.0 Å². The first-order valence-electron chi connectivity index (χ1n) is 8.81. The molecule has 3 aromatic rings. The lowest BCUT2D eigenvalue weighted by atomic mass is 10.1. The predicted molar refractivity (Wildman–Crippen MR) is 114 cm³/mol. The molecule has 1 amide bonds. The van der Waals surface area contributed by atoms with Crippen LogP contribution in [0.3, 0.4) is 0 Å². The van der Waals surface area contributed by atoms with Crippen LogP contribution >= 0.6 is 15.9 Å². The maximum Gasteiger partial charge on any atom is 0.251 e. The summed E-state index contributed by atoms with van der Waals surface area (Å²) in [5, 5.41) is 2.83. The first-order chi connectivity index (χ1) is 13.8. The highest BCUT2D eigenvalue weighted by Crippen LogP contribution is 2.25. The zero-order valence-electron chi connectivity index (χ0n) is 16.0. The van der Waals surface area contributed by atoms with E-state index in [9.17, 15) is 13.2 Å². The lowest BCUT2D eigenvalue weighted by molar-refractivity contribution is 0.0950. The average molecular weight is 477 g/mol. The number of nitrogens with zero attached hydrogens (tertiary/aromatic N) is 3. The number of aromatic nitrogens is 2. The first-order valence-corrected chi connectivity index (χ1v) is 11.0. The summed E-state index contributed by atoms with van der Waals surface area (Å²) >= 11 is 3.24. The van der Waals surface area contributed by atoms with E-state index < -0.39 is 10.0 Å². The van der Waals surface area contributed by atoms with Gasteiger partial charge >= 0.3 is 0 Å². The van der Waals surface area contributed by atoms with Crippen LogP contribution in [-0.4, -0.2) is 42.3 Å². The van der Waals surface area contributed by atoms with Crippen LogP contribution in [0.2, 0.25) is 0 Å². The van der Waals surface area contributed by atoms with Crippen molar-refractivity contribution in [3.63, 3.8) is 0 Å². The second-order valence-electron chi connectivity index (χ2n) is 6.67. The van der Waals surface area contributed by atoms with Crippen molar-refractivity contribution in [2.45, 2.75) is 18.0 Å². The maximum absolute atomic E-state index is 12.5. The van der Waals surface area contributed by atoms with Crippen molar-refractivity contribution in [1.29, 1.82) is 0 Å². The summed E-state index contributed by atoms with van der Waals surface area (Å²) < 4.78 is 28.3. The molecule has 0 spiro atoms. The minimum atomic E-state index is -3.66. The number of hydrogen-bond donors (Lipinski definition) is 1. The van der Waals surface area contributed by atoms with Gasteiger partial charge in [-0.1, -0.05) is 24.3 Å². The Morgan fingerprint density at radius 1 is 1.14 bits per heavy atom. The van der Waals surface area contributed by atoms with E-state index in [1.54, 1.807) is 24.7 Å². The molecule has 0 unspecified atom stereocenters. The molecular weight excluding hydrogens is 456 g/mol. The third kappa shape index (κ3) is 5.11. The monoisotopic (exact) mass is 476 g/mol. The first kappa shape index (κ1) is 21.2. The number of amides is 1. The van der Waals surface area contributed by atoms with Gasteiger partial charge in [-0.25, -0.2) is 17.7 Å². The molecule has 1 heterocycles. The van der Waals surface area contributed by atoms with Gasteiger partial charge in [-0.2, -0.15) is 0 Å². The Balaban J connectivity index is 1.66. The number of imidazole rings is 1. The van der Waals surface area contributed by atoms with Gasteiger partial charge in [0.2, 0.25) is 10.0 Å². The standard InChI is InChI=1S/C20H21BrN4O3S/c1-24(2)29(27,28)19-11-17(7-8-18(19)21)20(26)23-12-15-3-5-16(6-4-15)13-25-10-9-22-14-25/h3-11,14H,12-13H2,1-2H3,(H,23,26). The summed E-state index contributed by atoms with van der Waals surface area (Å²) in [7, 11) is -0.758. The van der Waals surface area contributed by atoms with Crippen molar-refractivity contribution in [1.82, 2.24) is 19.2 Å². The van der Waals surface area contributed by atoms with Crippen LogP contribution in [0.5, 0.6) is 0 Å². The molecule has 0 aliphatic heterocycles. The molecule has 0 saturated heterocycles. The van der Waals surface area contributed by atoms with Crippen LogP contribution in [0.1, 0.15) is 21.5 Å². The fourth-order valence-corrected chi connectivity index (χ4v) is 4.52. The second kappa shape index (κ2) is 8.89. The van der Waals surface area contributed by atoms with Gasteiger partial charge in [0.25, 0.3) is 5.91 Å². The van der Waals surface area contributed by atoms with E-state index in [2.05, 4.69) is 26.2 Å². The summed E-state index contributed by atoms with van der Waals surface area (Å²) in [6.07, 6.45) is 5.40. The molecule has 3 rings (SSSR count). The van der Waals surface area contributed by atoms with Gasteiger partial charge in [-0.15, -0.1) is 0 Å². The van der Waals surface area contributed by atoms with Crippen molar-refractivity contribution in [3.05, 3.63) is 82.3 Å². The lowest BCUT2D eigenvalue weighted by Crippen LogP contribution is -2.25. The summed E-state index contributed by atoms with van der Waals surface area (Å²) in [6, 6.07) is 12.4. The number of benzene rings is 2. The second-order valence-corrected chi connectivity index (χ2v) is 9.64. The fraction of sp³-hybridized carbons (Fsp3) is 0.200. The lowest BCUT2D eigenvalue weighted by Gasteiger charge is -2.14. The number of carbonyl (C=O) groups excluding carboxylic acids is 1. The third-order valence-electron chi connectivity index (χ3n) is 4.35. The Morgan fingerprint density at radius 2 is 1.83 bits per heavy atom. The largest absolute Gasteiger partial charge is 0.348 e. The number of rotatable bonds is 7. The molecular formula is C20H21BrN4O3S. The molecule has 152 valence electrons. The Hall–Kier alpha value is -2.49. The Morgan fingerprint density at radius 3 is 2.45 bits per heavy atom. The molecule has 1 aromatic heterocycles. The highest BCUT2D eigenvalue weighted by Gasteiger charge is 2.22. The van der Waals surface area contributed by atoms with Crippen LogP contribution in [0.4, 0.5) is 0 Å². The van der Waals surface area contributed by atoms with Crippen molar-refractivity contribution in [2.75, 3.05) is 14.1 Å². The molecule has 0 bridgehead atoms. The van der Waals surface area contributed by atoms with Crippen molar-refractivity contribution in [3.8, 4) is 0 Å². The molecule has 0 atom stereocenters. The molecule has 0 fully saturated rings. The van der Waals surface area contributed by atoms with Crippen molar-refractivity contribution in [2.24, 2.45) is 0 Å². The number of sulfonamides is 1. The Bertz CT molecular complexity index is 1100. The zero-order valence-corrected chi connectivity index (χ0v) is 18.4. The fourth-order valence-electron chi connectivity index (χ4n) is 2.68. The number of carbonyl (C=O) groups is 1. The normalized spacial score (nSPS) is 11.6. The number of nitrogens with one attached hydrogen (secondary N) is 1. The van der Waals surface area contributed by atoms with Gasteiger partial charge in [0.05, 0.1) is 11.2 Å². The van der Waals surface area contributed by atoms with E-state index in [1.165, 1.54) is 20.2 Å². The predicted octanol–water partition coefficient (Wildman–Crippen LogP) is 2.87. The van der Waals surface area contributed by atoms with Gasteiger partial charge in [-0.3, -0.25) is 4.79 Å². The summed E-state index contributed by atoms with van der Waals surface area (Å²) in [4.78, 5) is 16.6. The van der Waals surface area contributed by atoms with Crippen LogP contribution in [0.15, 0.2) is 70.6 Å². The van der Waals surface area contributed by atoms with Crippen LogP contribution < -0.4 is 5.32 Å². The summed E-state index contributed by atoms with van der Waals surface area (Å²) in [6.45, 7) is 1.07.